The molecular weight excluding hydrogens is 500 g/mol. The fraction of sp³-hybridized carbons (Fsp3) is 0.643. The number of carbonyl (C=O) groups is 3. The number of aryl methyl sites for hydroxylation is 1. The number of imidazole rings is 1. The molecule has 0 bridgehead atoms. The van der Waals surface area contributed by atoms with Gasteiger partial charge >= 0.3 is 11.8 Å². The number of nitrogens with one attached hydrogen (secondary N) is 1. The summed E-state index contributed by atoms with van der Waals surface area (Å²) in [4.78, 5) is 56.2. The number of nitrogens with zero attached hydrogens (tertiary/aromatic N) is 5. The highest BCUT2D eigenvalue weighted by molar-refractivity contribution is 6.00. The average molecular weight is 541 g/mol. The third-order valence-corrected chi connectivity index (χ3v) is 8.12. The Labute approximate surface area is 228 Å². The summed E-state index contributed by atoms with van der Waals surface area (Å²) in [6.07, 6.45) is 2.28. The van der Waals surface area contributed by atoms with Crippen molar-refractivity contribution in [2.45, 2.75) is 70.7 Å². The van der Waals surface area contributed by atoms with E-state index in [-0.39, 0.29) is 24.1 Å². The van der Waals surface area contributed by atoms with Crippen molar-refractivity contribution in [3.8, 4) is 0 Å². The Morgan fingerprint density at radius 2 is 1.67 bits per heavy atom. The second-order valence-corrected chi connectivity index (χ2v) is 12.0. The number of fused-ring (bicyclic) bond motifs is 1. The molecule has 1 aromatic heterocycles. The SMILES string of the molecule is Cn1c(=O)n(C2CCC(=O)NC2=O)c2ccc(CN3CCN(C4CCN(C(=O)OC(C)(C)C)CC4)CC3)cc21. The van der Waals surface area contributed by atoms with Crippen molar-refractivity contribution >= 4 is 28.9 Å². The zero-order chi connectivity index (χ0) is 27.9. The van der Waals surface area contributed by atoms with E-state index in [9.17, 15) is 19.2 Å². The first kappa shape index (κ1) is 27.4. The van der Waals surface area contributed by atoms with Gasteiger partial charge in [-0.15, -0.1) is 0 Å². The van der Waals surface area contributed by atoms with Gasteiger partial charge in [0.15, 0.2) is 0 Å². The lowest BCUT2D eigenvalue weighted by atomic mass is 10.0. The van der Waals surface area contributed by atoms with Crippen molar-refractivity contribution in [1.82, 2.24) is 29.2 Å². The molecule has 3 aliphatic rings. The number of benzene rings is 1. The first-order valence-corrected chi connectivity index (χ1v) is 14.0. The van der Waals surface area contributed by atoms with Crippen LogP contribution < -0.4 is 11.0 Å². The summed E-state index contributed by atoms with van der Waals surface area (Å²) >= 11 is 0. The summed E-state index contributed by atoms with van der Waals surface area (Å²) in [5.41, 5.74) is 1.91. The standard InChI is InChI=1S/C28H40N6O5/c1-28(2,3)39-27(38)33-11-9-20(10-12-33)32-15-13-31(14-16-32)18-19-5-6-21-23(17-19)30(4)26(37)34(21)22-7-8-24(35)29-25(22)36/h5-6,17,20,22H,7-16,18H2,1-4H3,(H,29,35,36). The third kappa shape index (κ3) is 5.89. The van der Waals surface area contributed by atoms with Crippen molar-refractivity contribution in [1.29, 1.82) is 0 Å². The maximum absolute atomic E-state index is 13.0. The molecule has 0 radical (unpaired) electrons. The number of likely N-dealkylation sites (tertiary alicyclic amines) is 1. The number of piperidine rings is 2. The van der Waals surface area contributed by atoms with Gasteiger partial charge in [-0.25, -0.2) is 9.59 Å². The number of rotatable bonds is 4. The van der Waals surface area contributed by atoms with Crippen molar-refractivity contribution < 1.29 is 19.1 Å². The number of imide groups is 1. The fourth-order valence-electron chi connectivity index (χ4n) is 6.02. The molecule has 3 saturated heterocycles. The van der Waals surface area contributed by atoms with Crippen LogP contribution in [0.3, 0.4) is 0 Å². The largest absolute Gasteiger partial charge is 0.444 e. The first-order valence-electron chi connectivity index (χ1n) is 14.0. The van der Waals surface area contributed by atoms with E-state index in [1.54, 1.807) is 11.6 Å². The molecular formula is C28H40N6O5. The topological polar surface area (TPSA) is 109 Å². The zero-order valence-electron chi connectivity index (χ0n) is 23.4. The molecule has 11 nitrogen and oxygen atoms in total. The quantitative estimate of drug-likeness (QED) is 0.590. The molecule has 1 atom stereocenters. The van der Waals surface area contributed by atoms with Gasteiger partial charge in [-0.3, -0.25) is 33.8 Å². The van der Waals surface area contributed by atoms with Crippen LogP contribution >= 0.6 is 0 Å². The molecule has 1 aromatic carbocycles. The molecule has 3 fully saturated rings. The van der Waals surface area contributed by atoms with Crippen LogP contribution in [0, 0.1) is 0 Å². The van der Waals surface area contributed by atoms with Gasteiger partial charge in [-0.2, -0.15) is 0 Å². The average Bonchev–Trinajstić information content (AvgIpc) is 3.13. The number of amides is 3. The van der Waals surface area contributed by atoms with Gasteiger partial charge in [-0.1, -0.05) is 6.07 Å². The van der Waals surface area contributed by atoms with E-state index in [1.165, 1.54) is 4.57 Å². The molecule has 4 heterocycles. The minimum atomic E-state index is -0.672. The predicted molar refractivity (Wildman–Crippen MR) is 146 cm³/mol. The van der Waals surface area contributed by atoms with Gasteiger partial charge in [0.05, 0.1) is 11.0 Å². The highest BCUT2D eigenvalue weighted by Crippen LogP contribution is 2.25. The summed E-state index contributed by atoms with van der Waals surface area (Å²) in [6, 6.07) is 5.81. The van der Waals surface area contributed by atoms with E-state index >= 15 is 0 Å². The Morgan fingerprint density at radius 3 is 2.31 bits per heavy atom. The maximum atomic E-state index is 13.0. The molecule has 2 aromatic rings. The Balaban J connectivity index is 1.17. The van der Waals surface area contributed by atoms with Gasteiger partial charge in [0.2, 0.25) is 11.8 Å². The Hall–Kier alpha value is -3.18. The minimum absolute atomic E-state index is 0.215. The van der Waals surface area contributed by atoms with E-state index in [4.69, 9.17) is 4.74 Å². The highest BCUT2D eigenvalue weighted by Gasteiger charge is 2.32. The second kappa shape index (κ2) is 10.8. The second-order valence-electron chi connectivity index (χ2n) is 12.0. The van der Waals surface area contributed by atoms with E-state index in [1.807, 2.05) is 43.9 Å². The molecule has 0 spiro atoms. The lowest BCUT2D eigenvalue weighted by molar-refractivity contribution is -0.135. The summed E-state index contributed by atoms with van der Waals surface area (Å²) in [6.45, 7) is 11.8. The Morgan fingerprint density at radius 1 is 0.974 bits per heavy atom. The van der Waals surface area contributed by atoms with Crippen LogP contribution in [0.1, 0.15) is 58.1 Å². The van der Waals surface area contributed by atoms with Crippen LogP contribution in [-0.2, 0) is 27.9 Å². The molecule has 1 N–H and O–H groups in total. The van der Waals surface area contributed by atoms with Gasteiger partial charge < -0.3 is 9.64 Å². The third-order valence-electron chi connectivity index (χ3n) is 8.12. The number of piperazine rings is 1. The van der Waals surface area contributed by atoms with Gasteiger partial charge in [0.1, 0.15) is 11.6 Å². The molecule has 3 amide bonds. The summed E-state index contributed by atoms with van der Waals surface area (Å²) in [7, 11) is 1.73. The van der Waals surface area contributed by atoms with Gasteiger partial charge in [-0.05, 0) is 57.7 Å². The number of aromatic nitrogens is 2. The molecule has 0 saturated carbocycles. The number of ether oxygens (including phenoxy) is 1. The Kier molecular flexibility index (Phi) is 7.56. The highest BCUT2D eigenvalue weighted by atomic mass is 16.6. The fourth-order valence-corrected chi connectivity index (χ4v) is 6.02. The number of hydrogen-bond donors (Lipinski definition) is 1. The molecule has 39 heavy (non-hydrogen) atoms. The van der Waals surface area contributed by atoms with E-state index in [0.29, 0.717) is 18.0 Å². The normalized spacial score (nSPS) is 22.4. The van der Waals surface area contributed by atoms with Crippen molar-refractivity contribution in [2.24, 2.45) is 7.05 Å². The maximum Gasteiger partial charge on any atom is 0.410 e. The van der Waals surface area contributed by atoms with Crippen LogP contribution in [0.15, 0.2) is 23.0 Å². The monoisotopic (exact) mass is 540 g/mol. The summed E-state index contributed by atoms with van der Waals surface area (Å²) < 4.78 is 8.64. The van der Waals surface area contributed by atoms with Crippen LogP contribution in [0.4, 0.5) is 4.79 Å². The smallest absolute Gasteiger partial charge is 0.410 e. The van der Waals surface area contributed by atoms with Crippen molar-refractivity contribution in [3.63, 3.8) is 0 Å². The number of hydrogen-bond acceptors (Lipinski definition) is 7. The lowest BCUT2D eigenvalue weighted by Gasteiger charge is -2.42. The molecule has 1 unspecified atom stereocenters. The minimum Gasteiger partial charge on any atom is -0.444 e. The van der Waals surface area contributed by atoms with Crippen molar-refractivity contribution in [3.05, 3.63) is 34.2 Å². The number of carbonyl (C=O) groups excluding carboxylic acids is 3. The van der Waals surface area contributed by atoms with Crippen LogP contribution in [0.5, 0.6) is 0 Å². The van der Waals surface area contributed by atoms with Gasteiger partial charge in [0.25, 0.3) is 0 Å². The summed E-state index contributed by atoms with van der Waals surface area (Å²) in [5, 5.41) is 2.36. The zero-order valence-corrected chi connectivity index (χ0v) is 23.4. The molecule has 3 aliphatic heterocycles. The van der Waals surface area contributed by atoms with E-state index in [0.717, 1.165) is 69.7 Å². The van der Waals surface area contributed by atoms with E-state index < -0.39 is 17.6 Å². The summed E-state index contributed by atoms with van der Waals surface area (Å²) in [5.74, 6) is -0.712. The molecule has 11 heteroatoms. The molecule has 5 rings (SSSR count). The predicted octanol–water partition coefficient (Wildman–Crippen LogP) is 1.83. The van der Waals surface area contributed by atoms with Crippen LogP contribution in [0.2, 0.25) is 0 Å². The Bertz CT molecular complexity index is 1310. The lowest BCUT2D eigenvalue weighted by Crippen LogP contribution is -2.53. The van der Waals surface area contributed by atoms with Gasteiger partial charge in [0, 0.05) is 65.3 Å². The molecule has 0 aliphatic carbocycles. The van der Waals surface area contributed by atoms with Crippen LogP contribution in [-0.4, -0.2) is 92.7 Å². The first-order chi connectivity index (χ1) is 18.5. The van der Waals surface area contributed by atoms with Crippen molar-refractivity contribution in [2.75, 3.05) is 39.3 Å². The van der Waals surface area contributed by atoms with E-state index in [2.05, 4.69) is 15.1 Å². The molecule has 212 valence electrons. The van der Waals surface area contributed by atoms with Crippen LogP contribution in [0.25, 0.3) is 11.0 Å².